The molecule has 9 nitrogen and oxygen atoms in total. The van der Waals surface area contributed by atoms with Gasteiger partial charge in [-0.3, -0.25) is 4.98 Å². The topological polar surface area (TPSA) is 122 Å². The summed E-state index contributed by atoms with van der Waals surface area (Å²) in [5.41, 5.74) is 4.36. The molecule has 1 aliphatic heterocycles. The Kier molecular flexibility index (Phi) is 7.82. The fourth-order valence-corrected chi connectivity index (χ4v) is 4.12. The lowest BCUT2D eigenvalue weighted by Crippen LogP contribution is -2.26. The molecule has 0 spiro atoms. The molecule has 0 saturated carbocycles. The van der Waals surface area contributed by atoms with Gasteiger partial charge in [0.1, 0.15) is 23.7 Å². The van der Waals surface area contributed by atoms with Crippen LogP contribution >= 0.6 is 0 Å². The van der Waals surface area contributed by atoms with E-state index in [-0.39, 0.29) is 12.1 Å². The second-order valence-corrected chi connectivity index (χ2v) is 8.80. The summed E-state index contributed by atoms with van der Waals surface area (Å²) in [6, 6.07) is 20.2. The molecule has 9 heteroatoms. The molecule has 0 radical (unpaired) electrons. The van der Waals surface area contributed by atoms with Crippen LogP contribution in [0.2, 0.25) is 0 Å². The van der Waals surface area contributed by atoms with Gasteiger partial charge in [-0.25, -0.2) is 14.8 Å². The summed E-state index contributed by atoms with van der Waals surface area (Å²) in [5.74, 6) is 1.24. The number of benzene rings is 2. The van der Waals surface area contributed by atoms with Crippen LogP contribution in [0.15, 0.2) is 79.3 Å². The van der Waals surface area contributed by atoms with Crippen molar-refractivity contribution in [1.29, 1.82) is 5.26 Å². The SMILES string of the molecule is N#Cc1cc(-c2ccnc(Cc3ccc(NC(=O)Nc4ccncc4)cc3)n2)ccc1OC1CCOCC1. The third kappa shape index (κ3) is 6.49. The highest BCUT2D eigenvalue weighted by molar-refractivity contribution is 5.99. The van der Waals surface area contributed by atoms with Crippen molar-refractivity contribution < 1.29 is 14.3 Å². The van der Waals surface area contributed by atoms with E-state index in [0.717, 1.165) is 29.7 Å². The third-order valence-corrected chi connectivity index (χ3v) is 6.08. The van der Waals surface area contributed by atoms with Crippen molar-refractivity contribution in [1.82, 2.24) is 15.0 Å². The number of anilines is 2. The summed E-state index contributed by atoms with van der Waals surface area (Å²) in [6.07, 6.45) is 7.16. The van der Waals surface area contributed by atoms with Crippen LogP contribution in [0.5, 0.6) is 5.75 Å². The molecule has 2 N–H and O–H groups in total. The number of carbonyl (C=O) groups excluding carboxylic acids is 1. The molecular weight excluding hydrogens is 480 g/mol. The Morgan fingerprint density at radius 3 is 2.45 bits per heavy atom. The van der Waals surface area contributed by atoms with Crippen LogP contribution in [-0.4, -0.2) is 40.3 Å². The van der Waals surface area contributed by atoms with E-state index < -0.39 is 0 Å². The second-order valence-electron chi connectivity index (χ2n) is 8.80. The largest absolute Gasteiger partial charge is 0.489 e. The molecule has 2 aromatic heterocycles. The summed E-state index contributed by atoms with van der Waals surface area (Å²) in [7, 11) is 0. The molecule has 1 aliphatic rings. The van der Waals surface area contributed by atoms with Crippen molar-refractivity contribution >= 4 is 17.4 Å². The molecule has 4 aromatic rings. The maximum atomic E-state index is 12.2. The van der Waals surface area contributed by atoms with Gasteiger partial charge in [0.25, 0.3) is 0 Å². The Morgan fingerprint density at radius 2 is 1.71 bits per heavy atom. The van der Waals surface area contributed by atoms with Gasteiger partial charge in [-0.15, -0.1) is 0 Å². The highest BCUT2D eigenvalue weighted by Gasteiger charge is 2.17. The third-order valence-electron chi connectivity index (χ3n) is 6.08. The average molecular weight is 507 g/mol. The second kappa shape index (κ2) is 12.0. The lowest BCUT2D eigenvalue weighted by Gasteiger charge is -2.23. The van der Waals surface area contributed by atoms with Crippen LogP contribution in [-0.2, 0) is 11.2 Å². The Hall–Kier alpha value is -4.81. The zero-order valence-corrected chi connectivity index (χ0v) is 20.6. The molecule has 0 bridgehead atoms. The molecule has 5 rings (SSSR count). The van der Waals surface area contributed by atoms with Crippen molar-refractivity contribution in [3.8, 4) is 23.1 Å². The van der Waals surface area contributed by atoms with Crippen LogP contribution in [0.4, 0.5) is 16.2 Å². The fraction of sp³-hybridized carbons (Fsp3) is 0.207. The van der Waals surface area contributed by atoms with Crippen molar-refractivity contribution in [2.45, 2.75) is 25.4 Å². The fourth-order valence-electron chi connectivity index (χ4n) is 4.12. The van der Waals surface area contributed by atoms with Gasteiger partial charge in [-0.2, -0.15) is 5.26 Å². The van der Waals surface area contributed by atoms with Gasteiger partial charge in [-0.1, -0.05) is 12.1 Å². The van der Waals surface area contributed by atoms with E-state index in [1.807, 2.05) is 42.5 Å². The van der Waals surface area contributed by atoms with Gasteiger partial charge in [0.15, 0.2) is 0 Å². The first-order valence-electron chi connectivity index (χ1n) is 12.3. The van der Waals surface area contributed by atoms with Gasteiger partial charge < -0.3 is 20.1 Å². The normalized spacial score (nSPS) is 13.3. The van der Waals surface area contributed by atoms with Crippen LogP contribution in [0.3, 0.4) is 0 Å². The van der Waals surface area contributed by atoms with Crippen molar-refractivity contribution in [2.75, 3.05) is 23.8 Å². The van der Waals surface area contributed by atoms with Crippen LogP contribution < -0.4 is 15.4 Å². The van der Waals surface area contributed by atoms with Crippen molar-refractivity contribution in [2.24, 2.45) is 0 Å². The van der Waals surface area contributed by atoms with Crippen molar-refractivity contribution in [3.63, 3.8) is 0 Å². The number of pyridine rings is 1. The van der Waals surface area contributed by atoms with E-state index in [0.29, 0.717) is 48.1 Å². The molecule has 1 saturated heterocycles. The molecule has 0 aliphatic carbocycles. The molecule has 190 valence electrons. The molecular formula is C29H26N6O3. The van der Waals surface area contributed by atoms with E-state index in [1.54, 1.807) is 36.8 Å². The highest BCUT2D eigenvalue weighted by Crippen LogP contribution is 2.27. The summed E-state index contributed by atoms with van der Waals surface area (Å²) >= 11 is 0. The number of ether oxygens (including phenoxy) is 2. The van der Waals surface area contributed by atoms with E-state index >= 15 is 0 Å². The molecule has 1 fully saturated rings. The number of nitriles is 1. The lowest BCUT2D eigenvalue weighted by atomic mass is 10.1. The van der Waals surface area contributed by atoms with Gasteiger partial charge in [0.2, 0.25) is 0 Å². The summed E-state index contributed by atoms with van der Waals surface area (Å²) < 4.78 is 11.5. The number of urea groups is 1. The molecule has 0 unspecified atom stereocenters. The monoisotopic (exact) mass is 506 g/mol. The Balaban J connectivity index is 1.23. The first kappa shape index (κ1) is 24.9. The zero-order chi connectivity index (χ0) is 26.2. The molecule has 2 aromatic carbocycles. The predicted molar refractivity (Wildman–Crippen MR) is 143 cm³/mol. The smallest absolute Gasteiger partial charge is 0.323 e. The standard InChI is InChI=1S/C29H26N6O3/c30-19-22-18-21(3-6-27(22)38-25-10-15-37-16-11-25)26-9-14-32-28(35-26)17-20-1-4-23(5-2-20)33-29(36)34-24-7-12-31-13-8-24/h1-9,12-14,18,25H,10-11,15-17H2,(H2,31,33,34,36). The first-order chi connectivity index (χ1) is 18.7. The van der Waals surface area contributed by atoms with E-state index in [1.165, 1.54) is 0 Å². The molecule has 38 heavy (non-hydrogen) atoms. The van der Waals surface area contributed by atoms with Crippen LogP contribution in [0, 0.1) is 11.3 Å². The molecule has 2 amide bonds. The number of aromatic nitrogens is 3. The van der Waals surface area contributed by atoms with E-state index in [4.69, 9.17) is 14.5 Å². The van der Waals surface area contributed by atoms with E-state index in [2.05, 4.69) is 26.7 Å². The zero-order valence-electron chi connectivity index (χ0n) is 20.6. The summed E-state index contributed by atoms with van der Waals surface area (Å²) in [6.45, 7) is 1.35. The number of rotatable bonds is 7. The lowest BCUT2D eigenvalue weighted by molar-refractivity contribution is 0.0254. The Morgan fingerprint density at radius 1 is 0.974 bits per heavy atom. The predicted octanol–water partition coefficient (Wildman–Crippen LogP) is 5.20. The summed E-state index contributed by atoms with van der Waals surface area (Å²) in [5, 5.41) is 15.3. The minimum Gasteiger partial charge on any atom is -0.489 e. The molecule has 3 heterocycles. The number of hydrogen-bond donors (Lipinski definition) is 2. The summed E-state index contributed by atoms with van der Waals surface area (Å²) in [4.78, 5) is 25.3. The Bertz CT molecular complexity index is 1430. The first-order valence-corrected chi connectivity index (χ1v) is 12.3. The quantitative estimate of drug-likeness (QED) is 0.353. The number of amides is 2. The van der Waals surface area contributed by atoms with Gasteiger partial charge in [-0.05, 0) is 54.1 Å². The average Bonchev–Trinajstić information content (AvgIpc) is 2.95. The van der Waals surface area contributed by atoms with Crippen LogP contribution in [0.1, 0.15) is 29.8 Å². The Labute approximate surface area is 220 Å². The number of carbonyl (C=O) groups is 1. The van der Waals surface area contributed by atoms with Gasteiger partial charge in [0, 0.05) is 54.8 Å². The number of hydrogen-bond acceptors (Lipinski definition) is 7. The number of nitrogens with one attached hydrogen (secondary N) is 2. The number of nitrogens with zero attached hydrogens (tertiary/aromatic N) is 4. The van der Waals surface area contributed by atoms with E-state index in [9.17, 15) is 10.1 Å². The maximum absolute atomic E-state index is 12.2. The highest BCUT2D eigenvalue weighted by atomic mass is 16.5. The van der Waals surface area contributed by atoms with Gasteiger partial charge >= 0.3 is 6.03 Å². The van der Waals surface area contributed by atoms with Crippen molar-refractivity contribution in [3.05, 3.63) is 96.2 Å². The molecule has 0 atom stereocenters. The van der Waals surface area contributed by atoms with Gasteiger partial charge in [0.05, 0.1) is 24.5 Å². The minimum absolute atomic E-state index is 0.0599. The maximum Gasteiger partial charge on any atom is 0.323 e. The minimum atomic E-state index is -0.333. The van der Waals surface area contributed by atoms with Crippen LogP contribution in [0.25, 0.3) is 11.3 Å².